The zero-order valence-corrected chi connectivity index (χ0v) is 13.8. The molecule has 2 nitrogen and oxygen atoms in total. The van der Waals surface area contributed by atoms with Crippen LogP contribution in [0.1, 0.15) is 86.5 Å². The molecule has 0 atom stereocenters. The molecule has 0 aliphatic carbocycles. The van der Waals surface area contributed by atoms with Gasteiger partial charge >= 0.3 is 0 Å². The van der Waals surface area contributed by atoms with Gasteiger partial charge in [0, 0.05) is 5.54 Å². The Balaban J connectivity index is 0. The summed E-state index contributed by atoms with van der Waals surface area (Å²) in [5.74, 6) is 0. The van der Waals surface area contributed by atoms with E-state index in [-0.39, 0.29) is 5.54 Å². The van der Waals surface area contributed by atoms with Gasteiger partial charge in [-0.15, -0.1) is 0 Å². The zero-order valence-electron chi connectivity index (χ0n) is 13.8. The second kappa shape index (κ2) is 10.8. The van der Waals surface area contributed by atoms with Crippen molar-refractivity contribution in [2.24, 2.45) is 16.9 Å². The SMILES string of the molecule is CC(C)(C)CC(C)(C)N.CCCCCCCCN. The molecule has 0 saturated carbocycles. The van der Waals surface area contributed by atoms with E-state index in [1.165, 1.54) is 38.5 Å². The molecule has 0 rings (SSSR count). The van der Waals surface area contributed by atoms with Crippen molar-refractivity contribution in [3.05, 3.63) is 0 Å². The maximum absolute atomic E-state index is 5.82. The van der Waals surface area contributed by atoms with E-state index in [1.54, 1.807) is 0 Å². The smallest absolute Gasteiger partial charge is 0.0102 e. The van der Waals surface area contributed by atoms with Crippen molar-refractivity contribution >= 4 is 0 Å². The molecule has 4 N–H and O–H groups in total. The fourth-order valence-electron chi connectivity index (χ4n) is 2.29. The van der Waals surface area contributed by atoms with Crippen molar-refractivity contribution in [3.8, 4) is 0 Å². The van der Waals surface area contributed by atoms with Crippen LogP contribution in [0.2, 0.25) is 0 Å². The molecule has 0 fully saturated rings. The van der Waals surface area contributed by atoms with Crippen LogP contribution >= 0.6 is 0 Å². The van der Waals surface area contributed by atoms with Gasteiger partial charge in [0.15, 0.2) is 0 Å². The highest BCUT2D eigenvalue weighted by molar-refractivity contribution is 4.78. The summed E-state index contributed by atoms with van der Waals surface area (Å²) in [4.78, 5) is 0. The van der Waals surface area contributed by atoms with E-state index in [9.17, 15) is 0 Å². The summed E-state index contributed by atoms with van der Waals surface area (Å²) in [6.07, 6.45) is 9.12. The Labute approximate surface area is 116 Å². The molecule has 0 heterocycles. The fraction of sp³-hybridized carbons (Fsp3) is 1.00. The molecule has 2 heteroatoms. The maximum atomic E-state index is 5.82. The molecule has 0 bridgehead atoms. The normalized spacial score (nSPS) is 12.0. The molecule has 0 unspecified atom stereocenters. The van der Waals surface area contributed by atoms with E-state index in [0.717, 1.165) is 13.0 Å². The minimum atomic E-state index is -0.0156. The van der Waals surface area contributed by atoms with Gasteiger partial charge in [-0.2, -0.15) is 0 Å². The Kier molecular flexibility index (Phi) is 12.2. The van der Waals surface area contributed by atoms with Crippen LogP contribution in [0, 0.1) is 5.41 Å². The summed E-state index contributed by atoms with van der Waals surface area (Å²) in [5.41, 5.74) is 11.5. The largest absolute Gasteiger partial charge is 0.330 e. The second-order valence-electron chi connectivity index (χ2n) is 7.28. The lowest BCUT2D eigenvalue weighted by atomic mass is 9.82. The molecule has 0 aromatic heterocycles. The summed E-state index contributed by atoms with van der Waals surface area (Å²) in [6, 6.07) is 0. The summed E-state index contributed by atoms with van der Waals surface area (Å²) in [6.45, 7) is 13.9. The summed E-state index contributed by atoms with van der Waals surface area (Å²) in [7, 11) is 0. The number of rotatable bonds is 7. The van der Waals surface area contributed by atoms with Crippen LogP contribution in [0.3, 0.4) is 0 Å². The third kappa shape index (κ3) is 24.9. The van der Waals surface area contributed by atoms with E-state index in [1.807, 2.05) is 0 Å². The van der Waals surface area contributed by atoms with Gasteiger partial charge in [0.05, 0.1) is 0 Å². The van der Waals surface area contributed by atoms with Crippen LogP contribution in [-0.4, -0.2) is 12.1 Å². The summed E-state index contributed by atoms with van der Waals surface area (Å²) < 4.78 is 0. The molecule has 0 aliphatic heterocycles. The minimum absolute atomic E-state index is 0.0156. The third-order valence-electron chi connectivity index (χ3n) is 2.54. The quantitative estimate of drug-likeness (QED) is 0.662. The van der Waals surface area contributed by atoms with Crippen LogP contribution in [0.15, 0.2) is 0 Å². The van der Waals surface area contributed by atoms with Crippen LogP contribution in [0.5, 0.6) is 0 Å². The molecule has 0 aromatic carbocycles. The van der Waals surface area contributed by atoms with Gasteiger partial charge in [0.25, 0.3) is 0 Å². The molecule has 0 aliphatic rings. The molecule has 0 saturated heterocycles. The monoisotopic (exact) mass is 258 g/mol. The van der Waals surface area contributed by atoms with E-state index in [2.05, 4.69) is 41.5 Å². The third-order valence-corrected chi connectivity index (χ3v) is 2.54. The Morgan fingerprint density at radius 3 is 1.50 bits per heavy atom. The molecule has 0 radical (unpaired) electrons. The fourth-order valence-corrected chi connectivity index (χ4v) is 2.29. The molecular weight excluding hydrogens is 220 g/mol. The van der Waals surface area contributed by atoms with E-state index < -0.39 is 0 Å². The van der Waals surface area contributed by atoms with Gasteiger partial charge in [0.2, 0.25) is 0 Å². The predicted molar refractivity (Wildman–Crippen MR) is 84.8 cm³/mol. The summed E-state index contributed by atoms with van der Waals surface area (Å²) in [5, 5.41) is 0. The molecule has 0 amide bonds. The van der Waals surface area contributed by atoms with Gasteiger partial charge in [-0.3, -0.25) is 0 Å². The predicted octanol–water partition coefficient (Wildman–Crippen LogP) is 4.47. The topological polar surface area (TPSA) is 52.0 Å². The minimum Gasteiger partial charge on any atom is -0.330 e. The highest BCUT2D eigenvalue weighted by atomic mass is 14.7. The van der Waals surface area contributed by atoms with Gasteiger partial charge < -0.3 is 11.5 Å². The number of nitrogens with two attached hydrogens (primary N) is 2. The van der Waals surface area contributed by atoms with Gasteiger partial charge in [-0.05, 0) is 38.6 Å². The molecular formula is C16H38N2. The molecule has 0 aromatic rings. The van der Waals surface area contributed by atoms with Crippen molar-refractivity contribution in [1.29, 1.82) is 0 Å². The van der Waals surface area contributed by atoms with Crippen molar-refractivity contribution in [2.75, 3.05) is 6.54 Å². The second-order valence-corrected chi connectivity index (χ2v) is 7.28. The molecule has 0 spiro atoms. The Morgan fingerprint density at radius 1 is 0.778 bits per heavy atom. The van der Waals surface area contributed by atoms with Crippen molar-refractivity contribution in [3.63, 3.8) is 0 Å². The summed E-state index contributed by atoms with van der Waals surface area (Å²) >= 11 is 0. The first kappa shape index (κ1) is 20.2. The lowest BCUT2D eigenvalue weighted by Gasteiger charge is -2.28. The highest BCUT2D eigenvalue weighted by Gasteiger charge is 2.20. The first-order valence-corrected chi connectivity index (χ1v) is 7.61. The van der Waals surface area contributed by atoms with E-state index in [0.29, 0.717) is 5.41 Å². The van der Waals surface area contributed by atoms with Gasteiger partial charge in [-0.1, -0.05) is 59.8 Å². The number of hydrogen-bond acceptors (Lipinski definition) is 2. The Bertz CT molecular complexity index is 145. The zero-order chi connectivity index (χ0) is 14.7. The van der Waals surface area contributed by atoms with E-state index >= 15 is 0 Å². The lowest BCUT2D eigenvalue weighted by Crippen LogP contribution is -2.36. The van der Waals surface area contributed by atoms with Gasteiger partial charge in [0.1, 0.15) is 0 Å². The van der Waals surface area contributed by atoms with Crippen LogP contribution in [-0.2, 0) is 0 Å². The number of hydrogen-bond donors (Lipinski definition) is 2. The van der Waals surface area contributed by atoms with Crippen LogP contribution in [0.4, 0.5) is 0 Å². The first-order chi connectivity index (χ1) is 8.12. The first-order valence-electron chi connectivity index (χ1n) is 7.61. The Hall–Kier alpha value is -0.0800. The lowest BCUT2D eigenvalue weighted by molar-refractivity contribution is 0.286. The average Bonchev–Trinajstić information content (AvgIpc) is 2.13. The average molecular weight is 258 g/mol. The van der Waals surface area contributed by atoms with Gasteiger partial charge in [-0.25, -0.2) is 0 Å². The van der Waals surface area contributed by atoms with Crippen LogP contribution < -0.4 is 11.5 Å². The van der Waals surface area contributed by atoms with Crippen molar-refractivity contribution < 1.29 is 0 Å². The van der Waals surface area contributed by atoms with Crippen LogP contribution in [0.25, 0.3) is 0 Å². The molecule has 112 valence electrons. The van der Waals surface area contributed by atoms with Crippen molar-refractivity contribution in [1.82, 2.24) is 0 Å². The highest BCUT2D eigenvalue weighted by Crippen LogP contribution is 2.24. The molecule has 18 heavy (non-hydrogen) atoms. The number of unbranched alkanes of at least 4 members (excludes halogenated alkanes) is 5. The van der Waals surface area contributed by atoms with E-state index in [4.69, 9.17) is 11.5 Å². The standard InChI is InChI=1S/2C8H19N/c1-7(2,3)6-8(4,5)9;1-2-3-4-5-6-7-8-9/h6,9H2,1-5H3;2-9H2,1H3. The van der Waals surface area contributed by atoms with Crippen molar-refractivity contribution in [2.45, 2.75) is 92.0 Å². The Morgan fingerprint density at radius 2 is 1.22 bits per heavy atom. The maximum Gasteiger partial charge on any atom is 0.0102 e.